The van der Waals surface area contributed by atoms with Crippen LogP contribution in [-0.2, 0) is 13.0 Å². The molecule has 0 radical (unpaired) electrons. The van der Waals surface area contributed by atoms with Crippen LogP contribution in [0, 0.1) is 0 Å². The Morgan fingerprint density at radius 2 is 2.07 bits per heavy atom. The zero-order valence-electron chi connectivity index (χ0n) is 7.90. The molecule has 0 atom stereocenters. The SMILES string of the molecule is C=C1CC(F)(F)c2c(C(F)F)nn(C)c21. The second-order valence-electron chi connectivity index (χ2n) is 3.52. The third-order valence-corrected chi connectivity index (χ3v) is 2.42. The third-order valence-electron chi connectivity index (χ3n) is 2.42. The molecule has 2 rings (SSSR count). The van der Waals surface area contributed by atoms with E-state index < -0.39 is 30.0 Å². The van der Waals surface area contributed by atoms with Gasteiger partial charge in [0.2, 0.25) is 0 Å². The molecular weight excluding hydrogens is 212 g/mol. The van der Waals surface area contributed by atoms with Crippen LogP contribution in [0.5, 0.6) is 0 Å². The fourth-order valence-electron chi connectivity index (χ4n) is 1.90. The van der Waals surface area contributed by atoms with Crippen LogP contribution in [0.3, 0.4) is 0 Å². The molecule has 0 aromatic carbocycles. The minimum Gasteiger partial charge on any atom is -0.267 e. The smallest absolute Gasteiger partial charge is 0.267 e. The molecule has 0 bridgehead atoms. The minimum atomic E-state index is -3.27. The highest BCUT2D eigenvalue weighted by Crippen LogP contribution is 2.50. The van der Waals surface area contributed by atoms with Crippen molar-refractivity contribution in [2.24, 2.45) is 7.05 Å². The van der Waals surface area contributed by atoms with Gasteiger partial charge in [0.05, 0.1) is 11.3 Å². The summed E-state index contributed by atoms with van der Waals surface area (Å²) in [6.45, 7) is 3.44. The number of hydrogen-bond donors (Lipinski definition) is 0. The van der Waals surface area contributed by atoms with Crippen LogP contribution in [-0.4, -0.2) is 9.78 Å². The van der Waals surface area contributed by atoms with Crippen molar-refractivity contribution in [3.63, 3.8) is 0 Å². The summed E-state index contributed by atoms with van der Waals surface area (Å²) in [5.74, 6) is -3.27. The number of alkyl halides is 4. The fraction of sp³-hybridized carbons (Fsp3) is 0.444. The van der Waals surface area contributed by atoms with Gasteiger partial charge in [0, 0.05) is 13.5 Å². The lowest BCUT2D eigenvalue weighted by Crippen LogP contribution is -2.10. The monoisotopic (exact) mass is 220 g/mol. The molecule has 1 aromatic heterocycles. The van der Waals surface area contributed by atoms with Crippen molar-refractivity contribution in [2.75, 3.05) is 0 Å². The molecule has 0 aliphatic heterocycles. The molecule has 82 valence electrons. The van der Waals surface area contributed by atoms with Crippen molar-refractivity contribution in [2.45, 2.75) is 18.8 Å². The van der Waals surface area contributed by atoms with E-state index in [1.54, 1.807) is 0 Å². The molecule has 0 unspecified atom stereocenters. The molecule has 15 heavy (non-hydrogen) atoms. The topological polar surface area (TPSA) is 17.8 Å². The number of nitrogens with zero attached hydrogens (tertiary/aromatic N) is 2. The highest BCUT2D eigenvalue weighted by atomic mass is 19.3. The Labute approximate surface area is 83.2 Å². The first-order valence-electron chi connectivity index (χ1n) is 4.26. The van der Waals surface area contributed by atoms with Crippen LogP contribution < -0.4 is 0 Å². The van der Waals surface area contributed by atoms with Gasteiger partial charge >= 0.3 is 0 Å². The van der Waals surface area contributed by atoms with E-state index in [2.05, 4.69) is 11.7 Å². The van der Waals surface area contributed by atoms with Gasteiger partial charge in [0.25, 0.3) is 12.3 Å². The number of fused-ring (bicyclic) bond motifs is 1. The van der Waals surface area contributed by atoms with Gasteiger partial charge in [-0.2, -0.15) is 5.10 Å². The normalized spacial score (nSPS) is 18.7. The Bertz CT molecular complexity index is 434. The molecule has 0 saturated heterocycles. The second kappa shape index (κ2) is 2.84. The van der Waals surface area contributed by atoms with E-state index in [1.165, 1.54) is 7.05 Å². The van der Waals surface area contributed by atoms with Crippen LogP contribution in [0.2, 0.25) is 0 Å². The molecule has 1 aliphatic carbocycles. The van der Waals surface area contributed by atoms with E-state index in [-0.39, 0.29) is 11.3 Å². The van der Waals surface area contributed by atoms with Crippen molar-refractivity contribution in [3.8, 4) is 0 Å². The third kappa shape index (κ3) is 1.27. The summed E-state index contributed by atoms with van der Waals surface area (Å²) in [5, 5.41) is 3.40. The van der Waals surface area contributed by atoms with E-state index >= 15 is 0 Å². The molecule has 0 N–H and O–H groups in total. The van der Waals surface area contributed by atoms with Gasteiger partial charge in [0.1, 0.15) is 5.69 Å². The van der Waals surface area contributed by atoms with Gasteiger partial charge < -0.3 is 0 Å². The fourth-order valence-corrected chi connectivity index (χ4v) is 1.90. The summed E-state index contributed by atoms with van der Waals surface area (Å²) < 4.78 is 52.7. The molecule has 2 nitrogen and oxygen atoms in total. The highest BCUT2D eigenvalue weighted by Gasteiger charge is 2.48. The average molecular weight is 220 g/mol. The van der Waals surface area contributed by atoms with Crippen LogP contribution >= 0.6 is 0 Å². The largest absolute Gasteiger partial charge is 0.282 e. The first kappa shape index (κ1) is 10.2. The molecule has 6 heteroatoms. The standard InChI is InChI=1S/C9H8F4N2/c1-4-3-9(12,13)5-6(8(10)11)14-15(2)7(4)5/h8H,1,3H2,2H3. The van der Waals surface area contributed by atoms with Crippen LogP contribution in [0.25, 0.3) is 5.57 Å². The van der Waals surface area contributed by atoms with Gasteiger partial charge in [-0.05, 0) is 5.57 Å². The number of hydrogen-bond acceptors (Lipinski definition) is 1. The first-order valence-corrected chi connectivity index (χ1v) is 4.26. The van der Waals surface area contributed by atoms with E-state index in [0.29, 0.717) is 0 Å². The second-order valence-corrected chi connectivity index (χ2v) is 3.52. The number of aryl methyl sites for hydroxylation is 1. The van der Waals surface area contributed by atoms with Gasteiger partial charge in [-0.15, -0.1) is 0 Å². The van der Waals surface area contributed by atoms with Crippen LogP contribution in [0.15, 0.2) is 6.58 Å². The van der Waals surface area contributed by atoms with Gasteiger partial charge in [0.15, 0.2) is 0 Å². The maximum Gasteiger partial charge on any atom is 0.282 e. The van der Waals surface area contributed by atoms with Crippen molar-refractivity contribution in [1.29, 1.82) is 0 Å². The average Bonchev–Trinajstić information content (AvgIpc) is 2.52. The van der Waals surface area contributed by atoms with Crippen LogP contribution in [0.4, 0.5) is 17.6 Å². The molecule has 0 fully saturated rings. The van der Waals surface area contributed by atoms with Crippen molar-refractivity contribution < 1.29 is 17.6 Å². The first-order chi connectivity index (χ1) is 6.84. The van der Waals surface area contributed by atoms with E-state index in [4.69, 9.17) is 0 Å². The van der Waals surface area contributed by atoms with Gasteiger partial charge in [-0.1, -0.05) is 6.58 Å². The lowest BCUT2D eigenvalue weighted by Gasteiger charge is -2.09. The maximum atomic E-state index is 13.4. The predicted octanol–water partition coefficient (Wildman–Crippen LogP) is 2.87. The van der Waals surface area contributed by atoms with Crippen molar-refractivity contribution in [1.82, 2.24) is 9.78 Å². The molecule has 1 aliphatic rings. The molecular formula is C9H8F4N2. The number of aromatic nitrogens is 2. The Morgan fingerprint density at radius 1 is 1.47 bits per heavy atom. The molecule has 0 saturated carbocycles. The Hall–Kier alpha value is -1.33. The Balaban J connectivity index is 2.71. The highest BCUT2D eigenvalue weighted by molar-refractivity contribution is 5.71. The Kier molecular flexibility index (Phi) is 1.93. The van der Waals surface area contributed by atoms with Crippen molar-refractivity contribution in [3.05, 3.63) is 23.5 Å². The summed E-state index contributed by atoms with van der Waals surface area (Å²) >= 11 is 0. The zero-order chi connectivity index (χ0) is 11.4. The lowest BCUT2D eigenvalue weighted by atomic mass is 10.1. The summed E-state index contributed by atoms with van der Waals surface area (Å²) in [5.41, 5.74) is -1.31. The number of halogens is 4. The van der Waals surface area contributed by atoms with Gasteiger partial charge in [-0.25, -0.2) is 17.6 Å². The van der Waals surface area contributed by atoms with Gasteiger partial charge in [-0.3, -0.25) is 4.68 Å². The molecule has 1 aromatic rings. The minimum absolute atomic E-state index is 0.0373. The summed E-state index contributed by atoms with van der Waals surface area (Å²) in [6, 6.07) is 0. The van der Waals surface area contributed by atoms with E-state index in [9.17, 15) is 17.6 Å². The zero-order valence-corrected chi connectivity index (χ0v) is 7.90. The molecule has 0 spiro atoms. The quantitative estimate of drug-likeness (QED) is 0.665. The van der Waals surface area contributed by atoms with E-state index in [0.717, 1.165) is 4.68 Å². The van der Waals surface area contributed by atoms with Crippen LogP contribution in [0.1, 0.15) is 29.8 Å². The lowest BCUT2D eigenvalue weighted by molar-refractivity contribution is 0.00296. The summed E-state index contributed by atoms with van der Waals surface area (Å²) in [4.78, 5) is 0. The summed E-state index contributed by atoms with van der Waals surface area (Å²) in [7, 11) is 1.36. The summed E-state index contributed by atoms with van der Waals surface area (Å²) in [6.07, 6.45) is -3.59. The Morgan fingerprint density at radius 3 is 2.60 bits per heavy atom. The van der Waals surface area contributed by atoms with E-state index in [1.807, 2.05) is 0 Å². The molecule has 0 amide bonds. The maximum absolute atomic E-state index is 13.4. The molecule has 1 heterocycles. The van der Waals surface area contributed by atoms with Crippen molar-refractivity contribution >= 4 is 5.57 Å². The predicted molar refractivity (Wildman–Crippen MR) is 45.7 cm³/mol. The number of rotatable bonds is 1. The number of allylic oxidation sites excluding steroid dienone is 1.